The Morgan fingerprint density at radius 3 is 2.65 bits per heavy atom. The van der Waals surface area contributed by atoms with Gasteiger partial charge in [-0.25, -0.2) is 4.99 Å². The van der Waals surface area contributed by atoms with Gasteiger partial charge in [0.05, 0.1) is 33.5 Å². The minimum absolute atomic E-state index is 0.559. The summed E-state index contributed by atoms with van der Waals surface area (Å²) in [5.74, 6) is 1.64. The molecule has 0 saturated heterocycles. The number of hydrogen-bond donors (Lipinski definition) is 2. The Morgan fingerprint density at radius 1 is 1.13 bits per heavy atom. The fourth-order valence-electron chi connectivity index (χ4n) is 1.97. The van der Waals surface area contributed by atoms with Crippen LogP contribution in [0, 0.1) is 6.92 Å². The highest BCUT2D eigenvalue weighted by atomic mass is 16.5. The number of aliphatic imine (C=N–C) groups is 1. The molecule has 0 aliphatic rings. The first-order valence-corrected chi connectivity index (χ1v) is 7.93. The summed E-state index contributed by atoms with van der Waals surface area (Å²) in [6, 6.07) is 6.14. The lowest BCUT2D eigenvalue weighted by Gasteiger charge is -2.12. The molecular weight excluding hydrogens is 294 g/mol. The first-order chi connectivity index (χ1) is 11.2. The van der Waals surface area contributed by atoms with Gasteiger partial charge in [0.25, 0.3) is 0 Å². The quantitative estimate of drug-likeness (QED) is 0.390. The van der Waals surface area contributed by atoms with Crippen LogP contribution in [0.15, 0.2) is 23.2 Å². The molecule has 0 spiro atoms. The number of nitrogens with one attached hydrogen (secondary N) is 2. The van der Waals surface area contributed by atoms with Crippen molar-refractivity contribution in [2.45, 2.75) is 20.4 Å². The molecule has 0 aliphatic carbocycles. The van der Waals surface area contributed by atoms with E-state index in [0.717, 1.165) is 23.8 Å². The van der Waals surface area contributed by atoms with E-state index < -0.39 is 0 Å². The Morgan fingerprint density at radius 2 is 1.96 bits per heavy atom. The Labute approximate surface area is 139 Å². The third-order valence-corrected chi connectivity index (χ3v) is 3.16. The molecule has 1 rings (SSSR count). The highest BCUT2D eigenvalue weighted by Gasteiger charge is 2.03. The van der Waals surface area contributed by atoms with E-state index in [4.69, 9.17) is 14.2 Å². The zero-order valence-electron chi connectivity index (χ0n) is 14.6. The van der Waals surface area contributed by atoms with Crippen molar-refractivity contribution in [3.8, 4) is 5.75 Å². The van der Waals surface area contributed by atoms with Gasteiger partial charge in [0.1, 0.15) is 5.75 Å². The van der Waals surface area contributed by atoms with E-state index in [0.29, 0.717) is 32.9 Å². The monoisotopic (exact) mass is 323 g/mol. The number of nitrogens with zero attached hydrogens (tertiary/aromatic N) is 1. The Balaban J connectivity index is 2.51. The zero-order valence-corrected chi connectivity index (χ0v) is 14.6. The topological polar surface area (TPSA) is 64.1 Å². The van der Waals surface area contributed by atoms with Crippen LogP contribution in [-0.2, 0) is 16.0 Å². The lowest BCUT2D eigenvalue weighted by atomic mass is 10.1. The maximum atomic E-state index is 5.42. The van der Waals surface area contributed by atoms with Crippen molar-refractivity contribution in [2.75, 3.05) is 47.1 Å². The summed E-state index contributed by atoms with van der Waals surface area (Å²) in [6.07, 6.45) is 0. The van der Waals surface area contributed by atoms with Crippen molar-refractivity contribution in [3.63, 3.8) is 0 Å². The maximum absolute atomic E-state index is 5.42. The van der Waals surface area contributed by atoms with Gasteiger partial charge in [0.15, 0.2) is 5.96 Å². The molecule has 1 aromatic carbocycles. The molecule has 1 aromatic rings. The first-order valence-electron chi connectivity index (χ1n) is 7.93. The molecule has 130 valence electrons. The van der Waals surface area contributed by atoms with Crippen LogP contribution in [0.4, 0.5) is 0 Å². The molecule has 6 heteroatoms. The van der Waals surface area contributed by atoms with Crippen molar-refractivity contribution in [3.05, 3.63) is 29.3 Å². The Kier molecular flexibility index (Phi) is 9.83. The molecular formula is C17H29N3O3. The van der Waals surface area contributed by atoms with E-state index in [1.165, 1.54) is 5.56 Å². The van der Waals surface area contributed by atoms with Crippen LogP contribution in [-0.4, -0.2) is 53.1 Å². The van der Waals surface area contributed by atoms with Gasteiger partial charge >= 0.3 is 0 Å². The Bertz CT molecular complexity index is 478. The van der Waals surface area contributed by atoms with E-state index in [2.05, 4.69) is 27.8 Å². The van der Waals surface area contributed by atoms with E-state index in [1.54, 1.807) is 14.2 Å². The summed E-state index contributed by atoms with van der Waals surface area (Å²) in [5, 5.41) is 6.47. The molecule has 0 aliphatic heterocycles. The number of rotatable bonds is 10. The zero-order chi connectivity index (χ0) is 16.9. The van der Waals surface area contributed by atoms with Crippen LogP contribution in [0.3, 0.4) is 0 Å². The second-order valence-electron chi connectivity index (χ2n) is 5.04. The molecule has 0 amide bonds. The smallest absolute Gasteiger partial charge is 0.191 e. The number of guanidine groups is 1. The normalized spacial score (nSPS) is 11.4. The minimum Gasteiger partial charge on any atom is -0.496 e. The number of methoxy groups -OCH3 is 2. The molecule has 0 fully saturated rings. The third-order valence-electron chi connectivity index (χ3n) is 3.16. The summed E-state index contributed by atoms with van der Waals surface area (Å²) < 4.78 is 15.8. The Hall–Kier alpha value is -1.79. The molecule has 0 heterocycles. The third kappa shape index (κ3) is 7.85. The summed E-state index contributed by atoms with van der Waals surface area (Å²) in [4.78, 5) is 4.59. The van der Waals surface area contributed by atoms with Gasteiger partial charge < -0.3 is 24.8 Å². The molecule has 0 bridgehead atoms. The predicted octanol–water partition coefficient (Wildman–Crippen LogP) is 1.72. The van der Waals surface area contributed by atoms with Crippen molar-refractivity contribution >= 4 is 5.96 Å². The fraction of sp³-hybridized carbons (Fsp3) is 0.588. The summed E-state index contributed by atoms with van der Waals surface area (Å²) in [5.41, 5.74) is 2.24. The van der Waals surface area contributed by atoms with Crippen LogP contribution in [0.2, 0.25) is 0 Å². The summed E-state index contributed by atoms with van der Waals surface area (Å²) >= 11 is 0. The number of aryl methyl sites for hydroxylation is 1. The largest absolute Gasteiger partial charge is 0.496 e. The van der Waals surface area contributed by atoms with Gasteiger partial charge in [-0.3, -0.25) is 0 Å². The second-order valence-corrected chi connectivity index (χ2v) is 5.04. The van der Waals surface area contributed by atoms with Crippen LogP contribution in [0.1, 0.15) is 18.1 Å². The van der Waals surface area contributed by atoms with Crippen molar-refractivity contribution in [2.24, 2.45) is 4.99 Å². The molecule has 6 nitrogen and oxygen atoms in total. The predicted molar refractivity (Wildman–Crippen MR) is 93.2 cm³/mol. The lowest BCUT2D eigenvalue weighted by Crippen LogP contribution is -2.39. The lowest BCUT2D eigenvalue weighted by molar-refractivity contribution is 0.0733. The average Bonchev–Trinajstić information content (AvgIpc) is 2.56. The summed E-state index contributed by atoms with van der Waals surface area (Å²) in [6.45, 7) is 7.98. The van der Waals surface area contributed by atoms with Crippen LogP contribution >= 0.6 is 0 Å². The van der Waals surface area contributed by atoms with Gasteiger partial charge in [-0.15, -0.1) is 0 Å². The fourth-order valence-corrected chi connectivity index (χ4v) is 1.97. The highest BCUT2D eigenvalue weighted by Crippen LogP contribution is 2.20. The van der Waals surface area contributed by atoms with Crippen molar-refractivity contribution in [1.82, 2.24) is 10.6 Å². The standard InChI is InChI=1S/C17H29N3O3/c1-5-18-17(19-8-9-23-11-10-21-3)20-13-15-7-6-14(2)12-16(15)22-4/h6-7,12H,5,8-11,13H2,1-4H3,(H2,18,19,20). The molecule has 2 N–H and O–H groups in total. The number of benzene rings is 1. The van der Waals surface area contributed by atoms with E-state index in [-0.39, 0.29) is 0 Å². The molecule has 0 saturated carbocycles. The van der Waals surface area contributed by atoms with Gasteiger partial charge in [0, 0.05) is 25.8 Å². The molecule has 0 aromatic heterocycles. The SMILES string of the molecule is CCNC(=NCc1ccc(C)cc1OC)NCCOCCOC. The first kappa shape index (κ1) is 19.3. The van der Waals surface area contributed by atoms with Crippen LogP contribution in [0.25, 0.3) is 0 Å². The van der Waals surface area contributed by atoms with Gasteiger partial charge in [-0.1, -0.05) is 12.1 Å². The van der Waals surface area contributed by atoms with E-state index >= 15 is 0 Å². The molecule has 0 atom stereocenters. The molecule has 0 unspecified atom stereocenters. The highest BCUT2D eigenvalue weighted by molar-refractivity contribution is 5.79. The number of hydrogen-bond acceptors (Lipinski definition) is 4. The van der Waals surface area contributed by atoms with E-state index in [1.807, 2.05) is 19.9 Å². The molecule has 23 heavy (non-hydrogen) atoms. The van der Waals surface area contributed by atoms with Gasteiger partial charge in [-0.2, -0.15) is 0 Å². The van der Waals surface area contributed by atoms with Gasteiger partial charge in [0.2, 0.25) is 0 Å². The molecule has 0 radical (unpaired) electrons. The average molecular weight is 323 g/mol. The van der Waals surface area contributed by atoms with Crippen molar-refractivity contribution < 1.29 is 14.2 Å². The minimum atomic E-state index is 0.559. The van der Waals surface area contributed by atoms with Crippen molar-refractivity contribution in [1.29, 1.82) is 0 Å². The number of ether oxygens (including phenoxy) is 3. The summed E-state index contributed by atoms with van der Waals surface area (Å²) in [7, 11) is 3.35. The maximum Gasteiger partial charge on any atom is 0.191 e. The van der Waals surface area contributed by atoms with Crippen LogP contribution in [0.5, 0.6) is 5.75 Å². The van der Waals surface area contributed by atoms with E-state index in [9.17, 15) is 0 Å². The van der Waals surface area contributed by atoms with Crippen LogP contribution < -0.4 is 15.4 Å². The second kappa shape index (κ2) is 11.7. The van der Waals surface area contributed by atoms with Gasteiger partial charge in [-0.05, 0) is 25.5 Å².